The Kier molecular flexibility index (Phi) is 4.00. The molecular formula is C19H17BrN2O3. The van der Waals surface area contributed by atoms with Crippen LogP contribution in [-0.4, -0.2) is 12.0 Å². The molecule has 128 valence electrons. The highest BCUT2D eigenvalue weighted by atomic mass is 79.9. The number of methoxy groups -OCH3 is 1. The van der Waals surface area contributed by atoms with Crippen LogP contribution in [0, 0.1) is 16.0 Å². The number of non-ortho nitro benzene ring substituents is 1. The van der Waals surface area contributed by atoms with E-state index < -0.39 is 0 Å². The van der Waals surface area contributed by atoms with Gasteiger partial charge in [-0.3, -0.25) is 10.1 Å². The predicted octanol–water partition coefficient (Wildman–Crippen LogP) is 5.19. The number of hydrogen-bond donors (Lipinski definition) is 1. The quantitative estimate of drug-likeness (QED) is 0.437. The van der Waals surface area contributed by atoms with Gasteiger partial charge in [-0.05, 0) is 29.5 Å². The Labute approximate surface area is 154 Å². The van der Waals surface area contributed by atoms with E-state index in [1.807, 2.05) is 18.2 Å². The van der Waals surface area contributed by atoms with Crippen molar-refractivity contribution in [2.45, 2.75) is 18.4 Å². The van der Waals surface area contributed by atoms with Gasteiger partial charge < -0.3 is 10.1 Å². The fourth-order valence-electron chi connectivity index (χ4n) is 3.95. The second-order valence-corrected chi connectivity index (χ2v) is 7.22. The summed E-state index contributed by atoms with van der Waals surface area (Å²) in [4.78, 5) is 10.9. The third kappa shape index (κ3) is 2.61. The molecule has 1 heterocycles. The lowest BCUT2D eigenvalue weighted by Gasteiger charge is -2.38. The summed E-state index contributed by atoms with van der Waals surface area (Å²) in [6.07, 6.45) is 5.27. The fraction of sp³-hybridized carbons (Fsp3) is 0.263. The van der Waals surface area contributed by atoms with Crippen molar-refractivity contribution in [2.75, 3.05) is 12.4 Å². The first-order chi connectivity index (χ1) is 12.1. The number of hydrogen-bond acceptors (Lipinski definition) is 4. The monoisotopic (exact) mass is 400 g/mol. The van der Waals surface area contributed by atoms with Gasteiger partial charge in [-0.1, -0.05) is 46.3 Å². The zero-order valence-electron chi connectivity index (χ0n) is 13.6. The van der Waals surface area contributed by atoms with Crippen molar-refractivity contribution in [2.24, 2.45) is 5.92 Å². The SMILES string of the molecule is COc1cc([N+](=O)[O-])cc2c1N[C@H](c1ccccc1Br)[C@H]1CC=C[C@H]21. The molecule has 0 bridgehead atoms. The van der Waals surface area contributed by atoms with Gasteiger partial charge in [0.1, 0.15) is 5.75 Å². The Bertz CT molecular complexity index is 881. The van der Waals surface area contributed by atoms with Gasteiger partial charge in [0.2, 0.25) is 0 Å². The maximum absolute atomic E-state index is 11.3. The van der Waals surface area contributed by atoms with Gasteiger partial charge in [0.15, 0.2) is 0 Å². The van der Waals surface area contributed by atoms with Crippen LogP contribution < -0.4 is 10.1 Å². The van der Waals surface area contributed by atoms with Gasteiger partial charge in [-0.2, -0.15) is 0 Å². The van der Waals surface area contributed by atoms with Gasteiger partial charge in [0.05, 0.1) is 29.8 Å². The Hall–Kier alpha value is -2.34. The molecule has 0 aromatic heterocycles. The van der Waals surface area contributed by atoms with Crippen molar-refractivity contribution in [3.05, 3.63) is 74.3 Å². The molecule has 1 aliphatic carbocycles. The Morgan fingerprint density at radius 3 is 2.80 bits per heavy atom. The van der Waals surface area contributed by atoms with Crippen molar-refractivity contribution in [1.82, 2.24) is 0 Å². The smallest absolute Gasteiger partial charge is 0.273 e. The number of fused-ring (bicyclic) bond motifs is 3. The molecule has 0 saturated carbocycles. The number of anilines is 1. The van der Waals surface area contributed by atoms with E-state index in [4.69, 9.17) is 4.74 Å². The zero-order chi connectivity index (χ0) is 17.6. The number of nitrogens with one attached hydrogen (secondary N) is 1. The highest BCUT2D eigenvalue weighted by Crippen LogP contribution is 2.53. The van der Waals surface area contributed by atoms with Gasteiger partial charge in [-0.15, -0.1) is 0 Å². The highest BCUT2D eigenvalue weighted by molar-refractivity contribution is 9.10. The van der Waals surface area contributed by atoms with Crippen molar-refractivity contribution in [3.8, 4) is 5.75 Å². The van der Waals surface area contributed by atoms with Gasteiger partial charge in [-0.25, -0.2) is 0 Å². The molecule has 0 amide bonds. The molecule has 6 heteroatoms. The van der Waals surface area contributed by atoms with Crippen LogP contribution in [0.25, 0.3) is 0 Å². The Balaban J connectivity index is 1.87. The maximum atomic E-state index is 11.3. The average Bonchev–Trinajstić information content (AvgIpc) is 3.10. The fourth-order valence-corrected chi connectivity index (χ4v) is 4.48. The molecule has 0 fully saturated rings. The number of nitro benzene ring substituents is 1. The Morgan fingerprint density at radius 2 is 2.08 bits per heavy atom. The number of halogens is 1. The van der Waals surface area contributed by atoms with Crippen molar-refractivity contribution in [1.29, 1.82) is 0 Å². The highest BCUT2D eigenvalue weighted by Gasteiger charge is 2.40. The zero-order valence-corrected chi connectivity index (χ0v) is 15.2. The summed E-state index contributed by atoms with van der Waals surface area (Å²) in [6, 6.07) is 11.5. The van der Waals surface area contributed by atoms with Crippen LogP contribution in [0.1, 0.15) is 29.5 Å². The summed E-state index contributed by atoms with van der Waals surface area (Å²) in [5, 5.41) is 14.9. The van der Waals surface area contributed by atoms with E-state index in [0.717, 1.165) is 22.1 Å². The number of nitrogens with zero attached hydrogens (tertiary/aromatic N) is 1. The molecule has 0 unspecified atom stereocenters. The lowest BCUT2D eigenvalue weighted by molar-refractivity contribution is -0.385. The van der Waals surface area contributed by atoms with Crippen LogP contribution in [0.2, 0.25) is 0 Å². The van der Waals surface area contributed by atoms with Crippen LogP contribution in [0.5, 0.6) is 5.75 Å². The van der Waals surface area contributed by atoms with Gasteiger partial charge in [0.25, 0.3) is 5.69 Å². The van der Waals surface area contributed by atoms with Gasteiger partial charge >= 0.3 is 0 Å². The standard InChI is InChI=1S/C19H17BrN2O3/c1-25-17-10-11(22(23)24)9-15-12-6-4-7-13(12)18(21-19(15)17)14-5-2-3-8-16(14)20/h2-6,8-10,12-13,18,21H,7H2,1H3/t12-,13-,18-/m0/s1. The number of rotatable bonds is 3. The van der Waals surface area contributed by atoms with Gasteiger partial charge in [0, 0.05) is 16.5 Å². The second kappa shape index (κ2) is 6.19. The first-order valence-electron chi connectivity index (χ1n) is 8.14. The van der Waals surface area contributed by atoms with Crippen LogP contribution in [0.15, 0.2) is 53.0 Å². The molecule has 2 aromatic carbocycles. The topological polar surface area (TPSA) is 64.4 Å². The van der Waals surface area contributed by atoms with Crippen molar-refractivity contribution < 1.29 is 9.66 Å². The maximum Gasteiger partial charge on any atom is 0.273 e. The molecule has 2 aliphatic rings. The largest absolute Gasteiger partial charge is 0.494 e. The predicted molar refractivity (Wildman–Crippen MR) is 100 cm³/mol. The van der Waals surface area contributed by atoms with E-state index in [9.17, 15) is 10.1 Å². The number of allylic oxidation sites excluding steroid dienone is 2. The number of benzene rings is 2. The second-order valence-electron chi connectivity index (χ2n) is 6.37. The molecule has 5 nitrogen and oxygen atoms in total. The molecular weight excluding hydrogens is 384 g/mol. The number of ether oxygens (including phenoxy) is 1. The lowest BCUT2D eigenvalue weighted by Crippen LogP contribution is -2.29. The van der Waals surface area contributed by atoms with E-state index >= 15 is 0 Å². The van der Waals surface area contributed by atoms with E-state index in [1.54, 1.807) is 13.2 Å². The number of nitro groups is 1. The van der Waals surface area contributed by atoms with E-state index in [0.29, 0.717) is 11.7 Å². The minimum absolute atomic E-state index is 0.0655. The minimum Gasteiger partial charge on any atom is -0.494 e. The summed E-state index contributed by atoms with van der Waals surface area (Å²) >= 11 is 3.65. The summed E-state index contributed by atoms with van der Waals surface area (Å²) in [7, 11) is 1.55. The van der Waals surface area contributed by atoms with Crippen molar-refractivity contribution >= 4 is 27.3 Å². The normalized spacial score (nSPS) is 23.5. The molecule has 1 N–H and O–H groups in total. The molecule has 1 aliphatic heterocycles. The molecule has 4 rings (SSSR count). The van der Waals surface area contributed by atoms with Crippen LogP contribution in [0.4, 0.5) is 11.4 Å². The third-order valence-corrected chi connectivity index (χ3v) is 5.81. The lowest BCUT2D eigenvalue weighted by atomic mass is 9.76. The summed E-state index contributed by atoms with van der Waals surface area (Å²) in [6.45, 7) is 0. The molecule has 0 radical (unpaired) electrons. The third-order valence-electron chi connectivity index (χ3n) is 5.09. The van der Waals surface area contributed by atoms with Crippen LogP contribution in [0.3, 0.4) is 0 Å². The van der Waals surface area contributed by atoms with Crippen molar-refractivity contribution in [3.63, 3.8) is 0 Å². The molecule has 0 spiro atoms. The minimum atomic E-state index is -0.365. The molecule has 25 heavy (non-hydrogen) atoms. The van der Waals surface area contributed by atoms with E-state index in [2.05, 4.69) is 39.5 Å². The summed E-state index contributed by atoms with van der Waals surface area (Å²) in [5.74, 6) is 0.972. The van der Waals surface area contributed by atoms with E-state index in [-0.39, 0.29) is 22.6 Å². The average molecular weight is 401 g/mol. The van der Waals surface area contributed by atoms with E-state index in [1.165, 1.54) is 11.6 Å². The molecule has 2 aromatic rings. The molecule has 3 atom stereocenters. The van der Waals surface area contributed by atoms with Crippen LogP contribution in [-0.2, 0) is 0 Å². The Morgan fingerprint density at radius 1 is 1.28 bits per heavy atom. The first kappa shape index (κ1) is 16.1. The van der Waals surface area contributed by atoms with Crippen LogP contribution >= 0.6 is 15.9 Å². The molecule has 0 saturated heterocycles. The summed E-state index contributed by atoms with van der Waals surface area (Å²) in [5.41, 5.74) is 3.04. The first-order valence-corrected chi connectivity index (χ1v) is 8.93. The summed E-state index contributed by atoms with van der Waals surface area (Å²) < 4.78 is 6.52.